The molecule has 1 aliphatic rings. The number of hydrogen-bond donors (Lipinski definition) is 1. The molecule has 3 heterocycles. The van der Waals surface area contributed by atoms with Gasteiger partial charge >= 0.3 is 0 Å². The van der Waals surface area contributed by atoms with Crippen LogP contribution in [-0.2, 0) is 0 Å². The molecule has 3 aromatic rings. The minimum atomic E-state index is -0.440. The van der Waals surface area contributed by atoms with Crippen molar-refractivity contribution < 1.29 is 4.74 Å². The molecule has 4 rings (SSSR count). The highest BCUT2D eigenvalue weighted by Crippen LogP contribution is 2.38. The smallest absolute Gasteiger partial charge is 0.247 e. The van der Waals surface area contributed by atoms with Crippen molar-refractivity contribution in [2.45, 2.75) is 18.3 Å². The number of hydrogen-bond acceptors (Lipinski definition) is 7. The number of thioether (sulfide) groups is 1. The largest absolute Gasteiger partial charge is 0.446 e. The Morgan fingerprint density at radius 2 is 2.00 bits per heavy atom. The fourth-order valence-electron chi connectivity index (χ4n) is 2.50. The Morgan fingerprint density at radius 3 is 2.83 bits per heavy atom. The molecule has 120 valence electrons. The lowest BCUT2D eigenvalue weighted by atomic mass is 10.1. The fraction of sp³-hybridized carbons (Fsp3) is 0.176. The van der Waals surface area contributed by atoms with Crippen LogP contribution in [0.5, 0.6) is 5.88 Å². The van der Waals surface area contributed by atoms with Crippen molar-refractivity contribution in [3.63, 3.8) is 0 Å². The van der Waals surface area contributed by atoms with Crippen LogP contribution in [0.1, 0.15) is 18.8 Å². The topological polar surface area (TPSA) is 72.8 Å². The van der Waals surface area contributed by atoms with E-state index in [0.717, 1.165) is 22.7 Å². The van der Waals surface area contributed by atoms with Crippen molar-refractivity contribution >= 4 is 17.4 Å². The van der Waals surface area contributed by atoms with Gasteiger partial charge in [0.25, 0.3) is 0 Å². The van der Waals surface area contributed by atoms with Crippen molar-refractivity contribution in [1.82, 2.24) is 20.2 Å². The molecule has 24 heavy (non-hydrogen) atoms. The van der Waals surface area contributed by atoms with Crippen LogP contribution in [0, 0.1) is 0 Å². The summed E-state index contributed by atoms with van der Waals surface area (Å²) in [7, 11) is 0. The number of fused-ring (bicyclic) bond motifs is 3. The van der Waals surface area contributed by atoms with Gasteiger partial charge < -0.3 is 10.1 Å². The van der Waals surface area contributed by atoms with Crippen LogP contribution < -0.4 is 10.1 Å². The number of benzene rings is 1. The molecular weight excluding hydrogens is 322 g/mol. The Morgan fingerprint density at radius 1 is 1.12 bits per heavy atom. The van der Waals surface area contributed by atoms with E-state index in [0.29, 0.717) is 16.7 Å². The average Bonchev–Trinajstić information content (AvgIpc) is 2.79. The van der Waals surface area contributed by atoms with Crippen LogP contribution >= 0.6 is 11.8 Å². The zero-order chi connectivity index (χ0) is 16.4. The van der Waals surface area contributed by atoms with Gasteiger partial charge in [-0.1, -0.05) is 43.0 Å². The molecule has 1 N–H and O–H groups in total. The molecule has 0 spiro atoms. The van der Waals surface area contributed by atoms with Gasteiger partial charge in [-0.15, -0.1) is 10.2 Å². The van der Waals surface area contributed by atoms with Gasteiger partial charge in [0.05, 0.1) is 0 Å². The Balaban J connectivity index is 1.84. The third-order valence-electron chi connectivity index (χ3n) is 3.56. The van der Waals surface area contributed by atoms with Crippen molar-refractivity contribution in [2.24, 2.45) is 0 Å². The van der Waals surface area contributed by atoms with Crippen molar-refractivity contribution in [3.05, 3.63) is 54.4 Å². The summed E-state index contributed by atoms with van der Waals surface area (Å²) in [5, 5.41) is 12.5. The van der Waals surface area contributed by atoms with Gasteiger partial charge in [0.1, 0.15) is 5.69 Å². The van der Waals surface area contributed by atoms with Crippen LogP contribution in [0.3, 0.4) is 0 Å². The van der Waals surface area contributed by atoms with E-state index >= 15 is 0 Å². The second-order valence-electron chi connectivity index (χ2n) is 5.12. The maximum atomic E-state index is 6.11. The van der Waals surface area contributed by atoms with Crippen LogP contribution in [0.25, 0.3) is 11.3 Å². The third kappa shape index (κ3) is 2.78. The molecule has 0 radical (unpaired) electrons. The number of ether oxygens (including phenoxy) is 1. The lowest BCUT2D eigenvalue weighted by Gasteiger charge is -2.18. The summed E-state index contributed by atoms with van der Waals surface area (Å²) in [5.41, 5.74) is 3.25. The normalized spacial score (nSPS) is 15.5. The van der Waals surface area contributed by atoms with E-state index in [1.807, 2.05) is 49.4 Å². The molecule has 1 aromatic carbocycles. The number of rotatable bonds is 3. The summed E-state index contributed by atoms with van der Waals surface area (Å²) >= 11 is 1.53. The quantitative estimate of drug-likeness (QED) is 0.733. The van der Waals surface area contributed by atoms with Crippen LogP contribution in [-0.4, -0.2) is 25.9 Å². The standard InChI is InChI=1S/C17H15N5OS/c1-2-24-17-20-16-14(21-22-17)11-7-3-4-8-12(11)19-15(23-16)13-9-5-6-10-18-13/h3-10,15,19H,2H2,1H3/t15-/m1/s1. The van der Waals surface area contributed by atoms with E-state index in [2.05, 4.69) is 25.5 Å². The molecule has 2 aromatic heterocycles. The minimum absolute atomic E-state index is 0.440. The van der Waals surface area contributed by atoms with E-state index in [1.165, 1.54) is 11.8 Å². The number of pyridine rings is 1. The molecule has 6 nitrogen and oxygen atoms in total. The third-order valence-corrected chi connectivity index (χ3v) is 4.28. The van der Waals surface area contributed by atoms with E-state index < -0.39 is 6.23 Å². The molecule has 0 amide bonds. The number of aromatic nitrogens is 4. The van der Waals surface area contributed by atoms with Crippen molar-refractivity contribution in [2.75, 3.05) is 11.1 Å². The van der Waals surface area contributed by atoms with E-state index in [4.69, 9.17) is 4.74 Å². The molecule has 0 bridgehead atoms. The Bertz CT molecular complexity index is 859. The van der Waals surface area contributed by atoms with Crippen molar-refractivity contribution in [1.29, 1.82) is 0 Å². The highest BCUT2D eigenvalue weighted by Gasteiger charge is 2.26. The number of nitrogens with zero attached hydrogens (tertiary/aromatic N) is 4. The molecule has 7 heteroatoms. The first-order chi connectivity index (χ1) is 11.8. The highest BCUT2D eigenvalue weighted by atomic mass is 32.2. The van der Waals surface area contributed by atoms with Crippen LogP contribution in [0.15, 0.2) is 53.8 Å². The van der Waals surface area contributed by atoms with E-state index in [-0.39, 0.29) is 0 Å². The van der Waals surface area contributed by atoms with Crippen LogP contribution in [0.4, 0.5) is 5.69 Å². The van der Waals surface area contributed by atoms with Gasteiger partial charge in [-0.3, -0.25) is 4.98 Å². The van der Waals surface area contributed by atoms with Gasteiger partial charge in [-0.05, 0) is 24.0 Å². The molecule has 0 fully saturated rings. The van der Waals surface area contributed by atoms with Gasteiger partial charge in [-0.25, -0.2) is 0 Å². The summed E-state index contributed by atoms with van der Waals surface area (Å²) in [6.07, 6.45) is 1.30. The summed E-state index contributed by atoms with van der Waals surface area (Å²) in [6.45, 7) is 2.05. The molecule has 1 atom stereocenters. The van der Waals surface area contributed by atoms with Gasteiger partial charge in [-0.2, -0.15) is 4.98 Å². The number of anilines is 1. The maximum absolute atomic E-state index is 6.11. The number of para-hydroxylation sites is 1. The molecule has 0 aliphatic carbocycles. The second kappa shape index (κ2) is 6.45. The van der Waals surface area contributed by atoms with Crippen molar-refractivity contribution in [3.8, 4) is 17.1 Å². The predicted octanol–water partition coefficient (Wildman–Crippen LogP) is 3.55. The Hall–Kier alpha value is -2.67. The van der Waals surface area contributed by atoms with E-state index in [1.54, 1.807) is 6.20 Å². The lowest BCUT2D eigenvalue weighted by molar-refractivity contribution is 0.220. The summed E-state index contributed by atoms with van der Waals surface area (Å²) in [5.74, 6) is 1.34. The molecule has 0 unspecified atom stereocenters. The maximum Gasteiger partial charge on any atom is 0.247 e. The molecule has 0 saturated heterocycles. The average molecular weight is 337 g/mol. The monoisotopic (exact) mass is 337 g/mol. The summed E-state index contributed by atoms with van der Waals surface area (Å²) < 4.78 is 6.11. The summed E-state index contributed by atoms with van der Waals surface area (Å²) in [6, 6.07) is 13.6. The lowest BCUT2D eigenvalue weighted by Crippen LogP contribution is -2.18. The number of nitrogens with one attached hydrogen (secondary N) is 1. The predicted molar refractivity (Wildman–Crippen MR) is 92.9 cm³/mol. The first-order valence-electron chi connectivity index (χ1n) is 7.66. The minimum Gasteiger partial charge on any atom is -0.446 e. The molecular formula is C17H15N5OS. The first-order valence-corrected chi connectivity index (χ1v) is 8.64. The second-order valence-corrected chi connectivity index (χ2v) is 6.35. The van der Waals surface area contributed by atoms with Gasteiger partial charge in [0, 0.05) is 17.4 Å². The van der Waals surface area contributed by atoms with Crippen LogP contribution in [0.2, 0.25) is 0 Å². The molecule has 0 saturated carbocycles. The highest BCUT2D eigenvalue weighted by molar-refractivity contribution is 7.99. The van der Waals surface area contributed by atoms with Gasteiger partial charge in [0.15, 0.2) is 5.69 Å². The van der Waals surface area contributed by atoms with Gasteiger partial charge in [0.2, 0.25) is 17.3 Å². The summed E-state index contributed by atoms with van der Waals surface area (Å²) in [4.78, 5) is 8.93. The zero-order valence-corrected chi connectivity index (χ0v) is 13.8. The zero-order valence-electron chi connectivity index (χ0n) is 13.0. The Kier molecular flexibility index (Phi) is 4.00. The fourth-order valence-corrected chi connectivity index (χ4v) is 3.01. The first kappa shape index (κ1) is 14.9. The molecule has 1 aliphatic heterocycles. The SMILES string of the molecule is CCSc1nnc2c(n1)O[C@H](c1ccccn1)Nc1ccccc1-2. The Labute approximate surface area is 143 Å². The van der Waals surface area contributed by atoms with E-state index in [9.17, 15) is 0 Å².